The van der Waals surface area contributed by atoms with Gasteiger partial charge in [0.2, 0.25) is 0 Å². The highest BCUT2D eigenvalue weighted by Gasteiger charge is 2.20. The Bertz CT molecular complexity index is 132. The van der Waals surface area contributed by atoms with Crippen LogP contribution in [0.1, 0.15) is 13.8 Å². The van der Waals surface area contributed by atoms with E-state index in [1.807, 2.05) is 0 Å². The van der Waals surface area contributed by atoms with E-state index in [2.05, 4.69) is 24.3 Å². The third kappa shape index (κ3) is 3.06. The van der Waals surface area contributed by atoms with Gasteiger partial charge in [-0.3, -0.25) is 0 Å². The molecule has 1 fully saturated rings. The van der Waals surface area contributed by atoms with Crippen molar-refractivity contribution >= 4 is 0 Å². The molecular formula is C8H19N3O. The van der Waals surface area contributed by atoms with Crippen LogP contribution in [0.15, 0.2) is 0 Å². The lowest BCUT2D eigenvalue weighted by Gasteiger charge is -2.35. The Kier molecular flexibility index (Phi) is 3.46. The molecule has 0 unspecified atom stereocenters. The van der Waals surface area contributed by atoms with Crippen molar-refractivity contribution in [1.29, 1.82) is 0 Å². The summed E-state index contributed by atoms with van der Waals surface area (Å²) in [6.07, 6.45) is 0. The molecule has 0 aromatic rings. The van der Waals surface area contributed by atoms with E-state index >= 15 is 0 Å². The smallest absolute Gasteiger partial charge is 0.0608 e. The average Bonchev–Trinajstić information content (AvgIpc) is 2.06. The number of hydrazine groups is 1. The Morgan fingerprint density at radius 2 is 2.00 bits per heavy atom. The normalized spacial score (nSPS) is 21.2. The van der Waals surface area contributed by atoms with E-state index in [1.54, 1.807) is 0 Å². The van der Waals surface area contributed by atoms with Crippen molar-refractivity contribution in [2.24, 2.45) is 5.73 Å². The lowest BCUT2D eigenvalue weighted by atomic mass is 10.1. The van der Waals surface area contributed by atoms with Gasteiger partial charge in [0.15, 0.2) is 0 Å². The fourth-order valence-corrected chi connectivity index (χ4v) is 1.15. The number of nitrogens with zero attached hydrogens (tertiary/aromatic N) is 1. The Balaban J connectivity index is 2.28. The summed E-state index contributed by atoms with van der Waals surface area (Å²) in [4.78, 5) is 0. The first kappa shape index (κ1) is 9.92. The van der Waals surface area contributed by atoms with Crippen LogP contribution in [0.3, 0.4) is 0 Å². The van der Waals surface area contributed by atoms with Crippen LogP contribution < -0.4 is 11.2 Å². The van der Waals surface area contributed by atoms with Crippen LogP contribution in [0.2, 0.25) is 0 Å². The summed E-state index contributed by atoms with van der Waals surface area (Å²) in [5.74, 6) is 0. The van der Waals surface area contributed by atoms with E-state index in [0.29, 0.717) is 6.54 Å². The van der Waals surface area contributed by atoms with E-state index in [1.165, 1.54) is 0 Å². The topological polar surface area (TPSA) is 50.5 Å². The highest BCUT2D eigenvalue weighted by molar-refractivity contribution is 4.77. The van der Waals surface area contributed by atoms with Gasteiger partial charge in [-0.2, -0.15) is 0 Å². The molecule has 1 aliphatic rings. The lowest BCUT2D eigenvalue weighted by Crippen LogP contribution is -2.57. The molecule has 0 saturated carbocycles. The summed E-state index contributed by atoms with van der Waals surface area (Å²) in [7, 11) is 0. The first-order valence-electron chi connectivity index (χ1n) is 4.45. The highest BCUT2D eigenvalue weighted by Crippen LogP contribution is 2.02. The van der Waals surface area contributed by atoms with E-state index < -0.39 is 0 Å². The van der Waals surface area contributed by atoms with Crippen LogP contribution in [0.4, 0.5) is 0 Å². The van der Waals surface area contributed by atoms with Gasteiger partial charge in [0.1, 0.15) is 0 Å². The zero-order valence-electron chi connectivity index (χ0n) is 7.97. The summed E-state index contributed by atoms with van der Waals surface area (Å²) in [6, 6.07) is 0. The van der Waals surface area contributed by atoms with Crippen molar-refractivity contribution in [1.82, 2.24) is 10.4 Å². The summed E-state index contributed by atoms with van der Waals surface area (Å²) >= 11 is 0. The molecular weight excluding hydrogens is 154 g/mol. The predicted molar refractivity (Wildman–Crippen MR) is 48.7 cm³/mol. The van der Waals surface area contributed by atoms with Crippen LogP contribution in [0, 0.1) is 0 Å². The maximum Gasteiger partial charge on any atom is 0.0608 e. The van der Waals surface area contributed by atoms with Crippen molar-refractivity contribution in [3.63, 3.8) is 0 Å². The predicted octanol–water partition coefficient (Wildman–Crippen LogP) is -0.439. The fraction of sp³-hybridized carbons (Fsp3) is 1.00. The minimum atomic E-state index is -0.00264. The van der Waals surface area contributed by atoms with Crippen molar-refractivity contribution in [3.05, 3.63) is 0 Å². The van der Waals surface area contributed by atoms with Crippen LogP contribution in [-0.2, 0) is 4.74 Å². The Hall–Kier alpha value is -0.160. The van der Waals surface area contributed by atoms with Crippen LogP contribution in [-0.4, -0.2) is 43.4 Å². The Morgan fingerprint density at radius 3 is 2.50 bits per heavy atom. The van der Waals surface area contributed by atoms with Gasteiger partial charge in [0.25, 0.3) is 0 Å². The molecule has 0 spiro atoms. The van der Waals surface area contributed by atoms with Crippen LogP contribution >= 0.6 is 0 Å². The third-order valence-electron chi connectivity index (χ3n) is 1.98. The average molecular weight is 173 g/mol. The molecule has 1 heterocycles. The third-order valence-corrected chi connectivity index (χ3v) is 1.98. The number of nitrogens with one attached hydrogen (secondary N) is 1. The summed E-state index contributed by atoms with van der Waals surface area (Å²) < 4.78 is 5.23. The SMILES string of the molecule is CC(C)(CN)NN1CCOCC1. The van der Waals surface area contributed by atoms with E-state index in [9.17, 15) is 0 Å². The summed E-state index contributed by atoms with van der Waals surface area (Å²) in [5, 5.41) is 2.18. The van der Waals surface area contributed by atoms with Gasteiger partial charge >= 0.3 is 0 Å². The van der Waals surface area contributed by atoms with E-state index in [4.69, 9.17) is 10.5 Å². The first-order valence-corrected chi connectivity index (χ1v) is 4.45. The largest absolute Gasteiger partial charge is 0.379 e. The van der Waals surface area contributed by atoms with E-state index in [-0.39, 0.29) is 5.54 Å². The number of nitrogens with two attached hydrogens (primary N) is 1. The minimum absolute atomic E-state index is 0.00264. The molecule has 0 radical (unpaired) electrons. The second-order valence-electron chi connectivity index (χ2n) is 3.80. The van der Waals surface area contributed by atoms with Gasteiger partial charge in [-0.05, 0) is 13.8 Å². The van der Waals surface area contributed by atoms with Gasteiger partial charge in [-0.1, -0.05) is 0 Å². The lowest BCUT2D eigenvalue weighted by molar-refractivity contribution is -0.00613. The van der Waals surface area contributed by atoms with Gasteiger partial charge in [-0.15, -0.1) is 0 Å². The molecule has 0 amide bonds. The Labute approximate surface area is 74.0 Å². The molecule has 4 nitrogen and oxygen atoms in total. The number of ether oxygens (including phenoxy) is 1. The second-order valence-corrected chi connectivity index (χ2v) is 3.80. The number of hydrogen-bond donors (Lipinski definition) is 2. The summed E-state index contributed by atoms with van der Waals surface area (Å²) in [5.41, 5.74) is 8.97. The molecule has 0 aromatic carbocycles. The molecule has 0 aliphatic carbocycles. The molecule has 4 heteroatoms. The van der Waals surface area contributed by atoms with Gasteiger partial charge < -0.3 is 10.5 Å². The quantitative estimate of drug-likeness (QED) is 0.607. The van der Waals surface area contributed by atoms with Crippen molar-refractivity contribution in [2.75, 3.05) is 32.8 Å². The number of rotatable bonds is 3. The van der Waals surface area contributed by atoms with Crippen molar-refractivity contribution in [2.45, 2.75) is 19.4 Å². The standard InChI is InChI=1S/C8H19N3O/c1-8(2,7-9)10-11-3-5-12-6-4-11/h10H,3-7,9H2,1-2H3. The maximum absolute atomic E-state index is 5.60. The first-order chi connectivity index (χ1) is 5.64. The zero-order valence-corrected chi connectivity index (χ0v) is 7.97. The van der Waals surface area contributed by atoms with Crippen LogP contribution in [0.5, 0.6) is 0 Å². The Morgan fingerprint density at radius 1 is 1.42 bits per heavy atom. The summed E-state index contributed by atoms with van der Waals surface area (Å²) in [6.45, 7) is 8.36. The molecule has 0 atom stereocenters. The molecule has 0 bridgehead atoms. The fourth-order valence-electron chi connectivity index (χ4n) is 1.15. The van der Waals surface area contributed by atoms with Gasteiger partial charge in [0.05, 0.1) is 13.2 Å². The maximum atomic E-state index is 5.60. The molecule has 72 valence electrons. The van der Waals surface area contributed by atoms with Crippen molar-refractivity contribution < 1.29 is 4.74 Å². The molecule has 12 heavy (non-hydrogen) atoms. The molecule has 1 saturated heterocycles. The molecule has 1 rings (SSSR count). The minimum Gasteiger partial charge on any atom is -0.379 e. The number of hydrogen-bond acceptors (Lipinski definition) is 4. The molecule has 1 aliphatic heterocycles. The van der Waals surface area contributed by atoms with Crippen LogP contribution in [0.25, 0.3) is 0 Å². The monoisotopic (exact) mass is 173 g/mol. The van der Waals surface area contributed by atoms with Gasteiger partial charge in [-0.25, -0.2) is 10.4 Å². The van der Waals surface area contributed by atoms with Crippen molar-refractivity contribution in [3.8, 4) is 0 Å². The number of morpholine rings is 1. The zero-order chi connectivity index (χ0) is 9.03. The van der Waals surface area contributed by atoms with E-state index in [0.717, 1.165) is 26.3 Å². The second kappa shape index (κ2) is 4.18. The molecule has 0 aromatic heterocycles. The highest BCUT2D eigenvalue weighted by atomic mass is 16.5. The van der Waals surface area contributed by atoms with Gasteiger partial charge in [0, 0.05) is 25.2 Å². The molecule has 3 N–H and O–H groups in total.